The zero-order chi connectivity index (χ0) is 10.1. The summed E-state index contributed by atoms with van der Waals surface area (Å²) in [5.41, 5.74) is 2.23. The molecule has 0 amide bonds. The molecule has 1 aliphatic rings. The van der Waals surface area contributed by atoms with Gasteiger partial charge >= 0.3 is 0 Å². The van der Waals surface area contributed by atoms with Gasteiger partial charge in [-0.2, -0.15) is 0 Å². The normalized spacial score (nSPS) is 22.1. The van der Waals surface area contributed by atoms with Crippen LogP contribution < -0.4 is 0 Å². The molecule has 1 nitrogen and oxygen atoms in total. The van der Waals surface area contributed by atoms with Crippen LogP contribution >= 0.6 is 0 Å². The van der Waals surface area contributed by atoms with Gasteiger partial charge < -0.3 is 0 Å². The molecule has 0 spiro atoms. The second-order valence-corrected chi connectivity index (χ2v) is 4.21. The van der Waals surface area contributed by atoms with Crippen LogP contribution in [0.5, 0.6) is 0 Å². The zero-order valence-corrected chi connectivity index (χ0v) is 8.79. The average Bonchev–Trinajstić information content (AvgIpc) is 2.56. The van der Waals surface area contributed by atoms with Gasteiger partial charge in [0.1, 0.15) is 0 Å². The third-order valence-electron chi connectivity index (χ3n) is 3.40. The fourth-order valence-corrected chi connectivity index (χ4v) is 2.29. The zero-order valence-electron chi connectivity index (χ0n) is 8.79. The molecule has 14 heavy (non-hydrogen) atoms. The maximum Gasteiger partial charge on any atom is 0.163 e. The maximum atomic E-state index is 11.7. The number of carbonyl (C=O) groups excluding carboxylic acids is 1. The molecular weight excluding hydrogens is 172 g/mol. The van der Waals surface area contributed by atoms with Gasteiger partial charge in [0.2, 0.25) is 0 Å². The highest BCUT2D eigenvalue weighted by molar-refractivity contribution is 6.01. The Balaban J connectivity index is 2.39. The van der Waals surface area contributed by atoms with E-state index in [2.05, 4.69) is 19.9 Å². The van der Waals surface area contributed by atoms with Gasteiger partial charge in [0.25, 0.3) is 0 Å². The summed E-state index contributed by atoms with van der Waals surface area (Å²) in [6, 6.07) is 8.06. The van der Waals surface area contributed by atoms with Gasteiger partial charge in [0.05, 0.1) is 0 Å². The summed E-state index contributed by atoms with van der Waals surface area (Å²) in [6.07, 6.45) is 1.86. The Kier molecular flexibility index (Phi) is 2.40. The number of hydrogen-bond donors (Lipinski definition) is 0. The molecule has 1 aliphatic carbocycles. The van der Waals surface area contributed by atoms with Crippen molar-refractivity contribution < 1.29 is 4.79 Å². The average molecular weight is 188 g/mol. The first-order valence-electron chi connectivity index (χ1n) is 5.36. The second kappa shape index (κ2) is 3.56. The summed E-state index contributed by atoms with van der Waals surface area (Å²) in [6.45, 7) is 4.43. The van der Waals surface area contributed by atoms with Crippen LogP contribution in [-0.2, 0) is 0 Å². The van der Waals surface area contributed by atoms with E-state index in [4.69, 9.17) is 0 Å². The summed E-state index contributed by atoms with van der Waals surface area (Å²) >= 11 is 0. The van der Waals surface area contributed by atoms with Crippen molar-refractivity contribution >= 4 is 5.78 Å². The standard InChI is InChI=1S/C13H16O/c1-3-9(2)12-8-13(14)11-7-5-4-6-10(11)12/h4-7,9,12H,3,8H2,1-2H3. The maximum absolute atomic E-state index is 11.7. The lowest BCUT2D eigenvalue weighted by atomic mass is 9.87. The van der Waals surface area contributed by atoms with E-state index in [9.17, 15) is 4.79 Å². The Morgan fingerprint density at radius 1 is 1.43 bits per heavy atom. The molecule has 0 heterocycles. The van der Waals surface area contributed by atoms with Crippen LogP contribution in [0.15, 0.2) is 24.3 Å². The van der Waals surface area contributed by atoms with Gasteiger partial charge in [0, 0.05) is 12.0 Å². The Morgan fingerprint density at radius 2 is 2.14 bits per heavy atom. The van der Waals surface area contributed by atoms with Crippen LogP contribution in [0.3, 0.4) is 0 Å². The topological polar surface area (TPSA) is 17.1 Å². The minimum Gasteiger partial charge on any atom is -0.294 e. The number of hydrogen-bond acceptors (Lipinski definition) is 1. The predicted molar refractivity (Wildman–Crippen MR) is 57.6 cm³/mol. The van der Waals surface area contributed by atoms with Crippen LogP contribution in [0.2, 0.25) is 0 Å². The molecule has 1 heteroatoms. The van der Waals surface area contributed by atoms with Crippen molar-refractivity contribution in [2.75, 3.05) is 0 Å². The molecule has 0 saturated heterocycles. The van der Waals surface area contributed by atoms with Gasteiger partial charge in [-0.25, -0.2) is 0 Å². The smallest absolute Gasteiger partial charge is 0.163 e. The monoisotopic (exact) mass is 188 g/mol. The van der Waals surface area contributed by atoms with Gasteiger partial charge in [-0.15, -0.1) is 0 Å². The Morgan fingerprint density at radius 3 is 2.86 bits per heavy atom. The Hall–Kier alpha value is -1.11. The summed E-state index contributed by atoms with van der Waals surface area (Å²) in [5.74, 6) is 1.40. The SMILES string of the molecule is CCC(C)C1CC(=O)c2ccccc21. The molecule has 0 fully saturated rings. The second-order valence-electron chi connectivity index (χ2n) is 4.21. The number of ketones is 1. The van der Waals surface area contributed by atoms with E-state index in [1.54, 1.807) is 0 Å². The van der Waals surface area contributed by atoms with Crippen LogP contribution in [0.25, 0.3) is 0 Å². The van der Waals surface area contributed by atoms with Gasteiger partial charge in [0.15, 0.2) is 5.78 Å². The van der Waals surface area contributed by atoms with Gasteiger partial charge in [-0.3, -0.25) is 4.79 Å². The first kappa shape index (κ1) is 9.45. The van der Waals surface area contributed by atoms with Crippen LogP contribution in [0.1, 0.15) is 48.5 Å². The number of carbonyl (C=O) groups is 1. The lowest BCUT2D eigenvalue weighted by Gasteiger charge is -2.17. The molecule has 74 valence electrons. The molecular formula is C13H16O. The first-order chi connectivity index (χ1) is 6.74. The van der Waals surface area contributed by atoms with Crippen molar-refractivity contribution in [3.63, 3.8) is 0 Å². The molecule has 0 bridgehead atoms. The van der Waals surface area contributed by atoms with E-state index in [0.29, 0.717) is 24.0 Å². The molecule has 2 atom stereocenters. The van der Waals surface area contributed by atoms with Crippen molar-refractivity contribution in [1.82, 2.24) is 0 Å². The number of benzene rings is 1. The third kappa shape index (κ3) is 1.37. The van der Waals surface area contributed by atoms with E-state index >= 15 is 0 Å². The molecule has 0 aliphatic heterocycles. The van der Waals surface area contributed by atoms with Crippen LogP contribution in [0, 0.1) is 5.92 Å². The summed E-state index contributed by atoms with van der Waals surface area (Å²) in [5, 5.41) is 0. The Bertz CT molecular complexity index is 354. The van der Waals surface area contributed by atoms with E-state index in [0.717, 1.165) is 12.0 Å². The fraction of sp³-hybridized carbons (Fsp3) is 0.462. The molecule has 0 aromatic heterocycles. The van der Waals surface area contributed by atoms with E-state index in [1.165, 1.54) is 5.56 Å². The van der Waals surface area contributed by atoms with Crippen molar-refractivity contribution in [2.24, 2.45) is 5.92 Å². The van der Waals surface area contributed by atoms with Crippen molar-refractivity contribution in [3.8, 4) is 0 Å². The molecule has 1 aromatic rings. The summed E-state index contributed by atoms with van der Waals surface area (Å²) in [4.78, 5) is 11.7. The molecule has 2 rings (SSSR count). The first-order valence-corrected chi connectivity index (χ1v) is 5.36. The lowest BCUT2D eigenvalue weighted by molar-refractivity contribution is 0.0983. The van der Waals surface area contributed by atoms with Crippen molar-refractivity contribution in [3.05, 3.63) is 35.4 Å². The number of rotatable bonds is 2. The molecule has 0 radical (unpaired) electrons. The summed E-state index contributed by atoms with van der Waals surface area (Å²) in [7, 11) is 0. The van der Waals surface area contributed by atoms with E-state index in [-0.39, 0.29) is 0 Å². The highest BCUT2D eigenvalue weighted by Gasteiger charge is 2.31. The quantitative estimate of drug-likeness (QED) is 0.695. The third-order valence-corrected chi connectivity index (χ3v) is 3.40. The number of Topliss-reactive ketones (excluding diaryl/α,β-unsaturated/α-hetero) is 1. The molecule has 2 unspecified atom stereocenters. The van der Waals surface area contributed by atoms with Crippen LogP contribution in [0.4, 0.5) is 0 Å². The largest absolute Gasteiger partial charge is 0.294 e. The van der Waals surface area contributed by atoms with E-state index < -0.39 is 0 Å². The molecule has 0 N–H and O–H groups in total. The Labute approximate surface area is 85.1 Å². The predicted octanol–water partition coefficient (Wildman–Crippen LogP) is 3.40. The van der Waals surface area contributed by atoms with Crippen LogP contribution in [-0.4, -0.2) is 5.78 Å². The van der Waals surface area contributed by atoms with Gasteiger partial charge in [-0.1, -0.05) is 44.5 Å². The van der Waals surface area contributed by atoms with Gasteiger partial charge in [-0.05, 0) is 17.4 Å². The molecule has 0 saturated carbocycles. The minimum atomic E-state index is 0.325. The minimum absolute atomic E-state index is 0.325. The number of fused-ring (bicyclic) bond motifs is 1. The highest BCUT2D eigenvalue weighted by Crippen LogP contribution is 2.38. The highest BCUT2D eigenvalue weighted by atomic mass is 16.1. The van der Waals surface area contributed by atoms with E-state index in [1.807, 2.05) is 18.2 Å². The lowest BCUT2D eigenvalue weighted by Crippen LogP contribution is -2.05. The van der Waals surface area contributed by atoms with Crippen molar-refractivity contribution in [1.29, 1.82) is 0 Å². The summed E-state index contributed by atoms with van der Waals surface area (Å²) < 4.78 is 0. The molecule has 1 aromatic carbocycles. The fourth-order valence-electron chi connectivity index (χ4n) is 2.29. The van der Waals surface area contributed by atoms with Crippen molar-refractivity contribution in [2.45, 2.75) is 32.6 Å².